The van der Waals surface area contributed by atoms with Gasteiger partial charge in [-0.3, -0.25) is 4.79 Å². The van der Waals surface area contributed by atoms with Crippen LogP contribution in [0.1, 0.15) is 0 Å². The van der Waals surface area contributed by atoms with E-state index in [2.05, 4.69) is 21.2 Å². The normalized spacial score (nSPS) is 9.94. The number of nitrogens with one attached hydrogen (secondary N) is 1. The Morgan fingerprint density at radius 1 is 1.00 bits per heavy atom. The van der Waals surface area contributed by atoms with E-state index in [9.17, 15) is 4.79 Å². The van der Waals surface area contributed by atoms with Crippen molar-refractivity contribution in [2.75, 3.05) is 10.6 Å². The summed E-state index contributed by atoms with van der Waals surface area (Å²) in [5, 5.41) is 3.17. The van der Waals surface area contributed by atoms with E-state index in [4.69, 9.17) is 0 Å². The Balaban J connectivity index is 2.38. The van der Waals surface area contributed by atoms with Crippen molar-refractivity contribution < 1.29 is 4.79 Å². The molecule has 2 rings (SSSR count). The fraction of sp³-hybridized carbons (Fsp3) is 0.0714. The van der Waals surface area contributed by atoms with Crippen molar-refractivity contribution in [2.24, 2.45) is 0 Å². The van der Waals surface area contributed by atoms with Gasteiger partial charge in [-0.2, -0.15) is 0 Å². The van der Waals surface area contributed by atoms with Crippen LogP contribution in [0.4, 0.5) is 5.69 Å². The summed E-state index contributed by atoms with van der Waals surface area (Å²) >= 11 is 3.14. The monoisotopic (exact) mass is 289 g/mol. The number of amides is 1. The van der Waals surface area contributed by atoms with Crippen LogP contribution in [0, 0.1) is 0 Å². The van der Waals surface area contributed by atoms with Crippen LogP contribution in [0.2, 0.25) is 0 Å². The van der Waals surface area contributed by atoms with E-state index < -0.39 is 0 Å². The number of benzene rings is 2. The molecule has 17 heavy (non-hydrogen) atoms. The molecule has 0 bridgehead atoms. The molecule has 1 N–H and O–H groups in total. The van der Waals surface area contributed by atoms with E-state index in [0.29, 0.717) is 5.33 Å². The summed E-state index contributed by atoms with van der Waals surface area (Å²) in [7, 11) is 0. The molecule has 3 heteroatoms. The standard InChI is InChI=1S/C14H12BrNO/c15-10-14(17)16-13-9-5-4-8-12(13)11-6-2-1-3-7-11/h1-9H,10H2,(H,16,17). The molecule has 0 radical (unpaired) electrons. The van der Waals surface area contributed by atoms with Crippen molar-refractivity contribution in [1.29, 1.82) is 0 Å². The first-order chi connectivity index (χ1) is 8.31. The fourth-order valence-corrected chi connectivity index (χ4v) is 1.79. The molecular weight excluding hydrogens is 278 g/mol. The second-order valence-corrected chi connectivity index (χ2v) is 4.15. The Morgan fingerprint density at radius 3 is 2.35 bits per heavy atom. The average Bonchev–Trinajstić information content (AvgIpc) is 2.40. The molecule has 0 aliphatic rings. The number of para-hydroxylation sites is 1. The van der Waals surface area contributed by atoms with Crippen molar-refractivity contribution in [3.8, 4) is 11.1 Å². The number of hydrogen-bond donors (Lipinski definition) is 1. The number of anilines is 1. The van der Waals surface area contributed by atoms with E-state index in [1.165, 1.54) is 0 Å². The number of alkyl halides is 1. The molecule has 1 amide bonds. The predicted octanol–water partition coefficient (Wildman–Crippen LogP) is 3.69. The highest BCUT2D eigenvalue weighted by Crippen LogP contribution is 2.27. The molecule has 0 saturated carbocycles. The molecular formula is C14H12BrNO. The summed E-state index contributed by atoms with van der Waals surface area (Å²) in [6.07, 6.45) is 0. The molecule has 0 aliphatic carbocycles. The molecule has 2 nitrogen and oxygen atoms in total. The quantitative estimate of drug-likeness (QED) is 0.858. The first-order valence-corrected chi connectivity index (χ1v) is 6.43. The highest BCUT2D eigenvalue weighted by molar-refractivity contribution is 9.09. The second kappa shape index (κ2) is 5.64. The van der Waals surface area contributed by atoms with Crippen LogP contribution in [0.25, 0.3) is 11.1 Å². The zero-order chi connectivity index (χ0) is 12.1. The minimum atomic E-state index is -0.0478. The molecule has 0 fully saturated rings. The van der Waals surface area contributed by atoms with Crippen LogP contribution in [0.3, 0.4) is 0 Å². The van der Waals surface area contributed by atoms with Gasteiger partial charge in [-0.05, 0) is 11.6 Å². The van der Waals surface area contributed by atoms with Gasteiger partial charge >= 0.3 is 0 Å². The zero-order valence-corrected chi connectivity index (χ0v) is 10.8. The minimum absolute atomic E-state index is 0.0478. The van der Waals surface area contributed by atoms with E-state index in [1.54, 1.807) is 0 Å². The first-order valence-electron chi connectivity index (χ1n) is 5.31. The lowest BCUT2D eigenvalue weighted by Gasteiger charge is -2.10. The van der Waals surface area contributed by atoms with Crippen LogP contribution in [0.5, 0.6) is 0 Å². The van der Waals surface area contributed by atoms with Crippen molar-refractivity contribution in [2.45, 2.75) is 0 Å². The zero-order valence-electron chi connectivity index (χ0n) is 9.19. The molecule has 86 valence electrons. The summed E-state index contributed by atoms with van der Waals surface area (Å²) in [6.45, 7) is 0. The molecule has 0 saturated heterocycles. The Kier molecular flexibility index (Phi) is 3.94. The fourth-order valence-electron chi connectivity index (χ4n) is 1.65. The van der Waals surface area contributed by atoms with Gasteiger partial charge in [0.2, 0.25) is 5.91 Å². The van der Waals surface area contributed by atoms with Crippen LogP contribution < -0.4 is 5.32 Å². The number of hydrogen-bond acceptors (Lipinski definition) is 1. The maximum Gasteiger partial charge on any atom is 0.235 e. The third kappa shape index (κ3) is 2.94. The van der Waals surface area contributed by atoms with E-state index >= 15 is 0 Å². The molecule has 2 aromatic carbocycles. The third-order valence-electron chi connectivity index (χ3n) is 2.41. The van der Waals surface area contributed by atoms with Crippen LogP contribution in [-0.4, -0.2) is 11.2 Å². The highest BCUT2D eigenvalue weighted by Gasteiger charge is 2.06. The summed E-state index contributed by atoms with van der Waals surface area (Å²) in [5.74, 6) is -0.0478. The van der Waals surface area contributed by atoms with Crippen LogP contribution >= 0.6 is 15.9 Å². The summed E-state index contributed by atoms with van der Waals surface area (Å²) in [6, 6.07) is 17.8. The molecule has 0 unspecified atom stereocenters. The average molecular weight is 290 g/mol. The maximum absolute atomic E-state index is 11.4. The Hall–Kier alpha value is -1.61. The van der Waals surface area contributed by atoms with Gasteiger partial charge in [0.25, 0.3) is 0 Å². The molecule has 2 aromatic rings. The number of rotatable bonds is 3. The van der Waals surface area contributed by atoms with Gasteiger partial charge in [-0.15, -0.1) is 0 Å². The third-order valence-corrected chi connectivity index (χ3v) is 2.92. The van der Waals surface area contributed by atoms with Gasteiger partial charge in [0.1, 0.15) is 0 Å². The SMILES string of the molecule is O=C(CBr)Nc1ccccc1-c1ccccc1. The van der Waals surface area contributed by atoms with E-state index in [1.807, 2.05) is 54.6 Å². The molecule has 0 aliphatic heterocycles. The molecule has 0 atom stereocenters. The summed E-state index contributed by atoms with van der Waals surface area (Å²) in [5.41, 5.74) is 2.96. The van der Waals surface area contributed by atoms with Crippen molar-refractivity contribution in [1.82, 2.24) is 0 Å². The second-order valence-electron chi connectivity index (χ2n) is 3.59. The van der Waals surface area contributed by atoms with E-state index in [-0.39, 0.29) is 5.91 Å². The Labute approximate surface area is 109 Å². The number of carbonyl (C=O) groups is 1. The van der Waals surface area contributed by atoms with Crippen molar-refractivity contribution >= 4 is 27.5 Å². The van der Waals surface area contributed by atoms with Crippen LogP contribution in [0.15, 0.2) is 54.6 Å². The number of carbonyl (C=O) groups excluding carboxylic acids is 1. The van der Waals surface area contributed by atoms with Gasteiger partial charge < -0.3 is 5.32 Å². The lowest BCUT2D eigenvalue weighted by molar-refractivity contribution is -0.113. The molecule has 0 aromatic heterocycles. The predicted molar refractivity (Wildman–Crippen MR) is 74.3 cm³/mol. The minimum Gasteiger partial charge on any atom is -0.325 e. The first kappa shape index (κ1) is 11.9. The molecule has 0 heterocycles. The van der Waals surface area contributed by atoms with Gasteiger partial charge in [-0.25, -0.2) is 0 Å². The smallest absolute Gasteiger partial charge is 0.235 e. The summed E-state index contributed by atoms with van der Waals surface area (Å²) in [4.78, 5) is 11.4. The maximum atomic E-state index is 11.4. The van der Waals surface area contributed by atoms with Gasteiger partial charge in [0, 0.05) is 11.3 Å². The summed E-state index contributed by atoms with van der Waals surface area (Å²) < 4.78 is 0. The largest absolute Gasteiger partial charge is 0.325 e. The molecule has 0 spiro atoms. The van der Waals surface area contributed by atoms with Gasteiger partial charge in [0.15, 0.2) is 0 Å². The lowest BCUT2D eigenvalue weighted by atomic mass is 10.0. The van der Waals surface area contributed by atoms with Crippen LogP contribution in [-0.2, 0) is 4.79 Å². The Bertz CT molecular complexity index is 511. The Morgan fingerprint density at radius 2 is 1.65 bits per heavy atom. The lowest BCUT2D eigenvalue weighted by Crippen LogP contribution is -2.12. The topological polar surface area (TPSA) is 29.1 Å². The van der Waals surface area contributed by atoms with E-state index in [0.717, 1.165) is 16.8 Å². The van der Waals surface area contributed by atoms with Crippen molar-refractivity contribution in [3.05, 3.63) is 54.6 Å². The number of halogens is 1. The van der Waals surface area contributed by atoms with Gasteiger partial charge in [-0.1, -0.05) is 64.5 Å². The van der Waals surface area contributed by atoms with Gasteiger partial charge in [0.05, 0.1) is 5.33 Å². The highest BCUT2D eigenvalue weighted by atomic mass is 79.9. The van der Waals surface area contributed by atoms with Crippen molar-refractivity contribution in [3.63, 3.8) is 0 Å².